The lowest BCUT2D eigenvalue weighted by molar-refractivity contribution is -0.135. The van der Waals surface area contributed by atoms with Gasteiger partial charge in [0.2, 0.25) is 5.91 Å². The molecule has 0 radical (unpaired) electrons. The van der Waals surface area contributed by atoms with E-state index in [0.29, 0.717) is 27.6 Å². The summed E-state index contributed by atoms with van der Waals surface area (Å²) in [5.41, 5.74) is 6.95. The molecule has 9 nitrogen and oxygen atoms in total. The van der Waals surface area contributed by atoms with Crippen molar-refractivity contribution in [3.05, 3.63) is 58.9 Å². The van der Waals surface area contributed by atoms with Crippen LogP contribution >= 0.6 is 11.6 Å². The van der Waals surface area contributed by atoms with Crippen molar-refractivity contribution in [3.63, 3.8) is 0 Å². The summed E-state index contributed by atoms with van der Waals surface area (Å²) in [4.78, 5) is 34.8. The molecule has 0 bridgehead atoms. The molecule has 35 heavy (non-hydrogen) atoms. The third-order valence-corrected chi connectivity index (χ3v) is 6.13. The molecule has 1 unspecified atom stereocenters. The lowest BCUT2D eigenvalue weighted by Gasteiger charge is -2.22. The third kappa shape index (κ3) is 4.03. The van der Waals surface area contributed by atoms with Crippen molar-refractivity contribution >= 4 is 34.8 Å². The predicted molar refractivity (Wildman–Crippen MR) is 122 cm³/mol. The SMILES string of the molecule is CC1(c2ccc(Cl)cn2)C(=O)Nc2nc(-c3cn4ccnc4c(CCCC(F)(F)F)n3)nc(N)c21. The molecule has 0 aromatic carbocycles. The van der Waals surface area contributed by atoms with Crippen LogP contribution in [0.25, 0.3) is 17.2 Å². The van der Waals surface area contributed by atoms with Crippen molar-refractivity contribution in [2.24, 2.45) is 0 Å². The number of amides is 1. The van der Waals surface area contributed by atoms with Gasteiger partial charge in [0.15, 0.2) is 11.5 Å². The van der Waals surface area contributed by atoms with E-state index in [1.165, 1.54) is 12.4 Å². The van der Waals surface area contributed by atoms with E-state index in [1.54, 1.807) is 35.9 Å². The van der Waals surface area contributed by atoms with Crippen molar-refractivity contribution in [1.82, 2.24) is 29.3 Å². The maximum Gasteiger partial charge on any atom is 0.389 e. The number of imidazole rings is 1. The van der Waals surface area contributed by atoms with E-state index in [0.717, 1.165) is 0 Å². The summed E-state index contributed by atoms with van der Waals surface area (Å²) in [7, 11) is 0. The first-order chi connectivity index (χ1) is 16.6. The van der Waals surface area contributed by atoms with Crippen molar-refractivity contribution in [2.75, 3.05) is 11.1 Å². The van der Waals surface area contributed by atoms with Gasteiger partial charge in [-0.15, -0.1) is 0 Å². The highest BCUT2D eigenvalue weighted by Gasteiger charge is 2.48. The minimum Gasteiger partial charge on any atom is -0.383 e. The molecule has 4 aromatic heterocycles. The van der Waals surface area contributed by atoms with Crippen LogP contribution in [0.1, 0.15) is 36.7 Å². The van der Waals surface area contributed by atoms with Crippen LogP contribution in [0.5, 0.6) is 0 Å². The number of fused-ring (bicyclic) bond motifs is 2. The second-order valence-corrected chi connectivity index (χ2v) is 8.73. The second kappa shape index (κ2) is 8.15. The average Bonchev–Trinajstić information content (AvgIpc) is 3.36. The molecule has 0 aliphatic carbocycles. The van der Waals surface area contributed by atoms with Gasteiger partial charge < -0.3 is 15.5 Å². The number of nitrogen functional groups attached to an aromatic ring is 1. The third-order valence-electron chi connectivity index (χ3n) is 5.91. The molecule has 0 saturated carbocycles. The number of alkyl halides is 3. The number of carbonyl (C=O) groups is 1. The van der Waals surface area contributed by atoms with Gasteiger partial charge in [0.25, 0.3) is 0 Å². The van der Waals surface area contributed by atoms with Crippen molar-refractivity contribution < 1.29 is 18.0 Å². The van der Waals surface area contributed by atoms with Crippen LogP contribution in [0.15, 0.2) is 36.9 Å². The number of nitrogens with one attached hydrogen (secondary N) is 1. The van der Waals surface area contributed by atoms with Crippen LogP contribution in [-0.2, 0) is 16.6 Å². The Morgan fingerprint density at radius 1 is 1.20 bits per heavy atom. The van der Waals surface area contributed by atoms with Gasteiger partial charge in [-0.1, -0.05) is 11.6 Å². The fourth-order valence-corrected chi connectivity index (χ4v) is 4.28. The van der Waals surface area contributed by atoms with E-state index in [9.17, 15) is 18.0 Å². The first-order valence-electron chi connectivity index (χ1n) is 10.6. The normalized spacial score (nSPS) is 17.6. The minimum absolute atomic E-state index is 0.0498. The fourth-order valence-electron chi connectivity index (χ4n) is 4.17. The molecule has 0 spiro atoms. The maximum atomic E-state index is 13.0. The minimum atomic E-state index is -4.26. The first kappa shape index (κ1) is 23.0. The summed E-state index contributed by atoms with van der Waals surface area (Å²) < 4.78 is 39.6. The smallest absolute Gasteiger partial charge is 0.383 e. The molecule has 1 aliphatic heterocycles. The predicted octanol–water partition coefficient (Wildman–Crippen LogP) is 3.96. The number of rotatable bonds is 5. The molecule has 13 heteroatoms. The van der Waals surface area contributed by atoms with Gasteiger partial charge in [0.1, 0.15) is 22.7 Å². The van der Waals surface area contributed by atoms with E-state index in [1.807, 2.05) is 0 Å². The van der Waals surface area contributed by atoms with Gasteiger partial charge in [0.05, 0.1) is 22.0 Å². The summed E-state index contributed by atoms with van der Waals surface area (Å²) in [6.07, 6.45) is 0.939. The van der Waals surface area contributed by atoms with Crippen LogP contribution in [0.2, 0.25) is 5.02 Å². The van der Waals surface area contributed by atoms with E-state index < -0.39 is 18.0 Å². The van der Waals surface area contributed by atoms with Crippen molar-refractivity contribution in [3.8, 4) is 11.5 Å². The number of anilines is 2. The summed E-state index contributed by atoms with van der Waals surface area (Å²) in [6, 6.07) is 3.25. The number of carbonyl (C=O) groups excluding carboxylic acids is 1. The number of aromatic nitrogens is 6. The van der Waals surface area contributed by atoms with Gasteiger partial charge in [-0.25, -0.2) is 19.9 Å². The number of halogens is 4. The van der Waals surface area contributed by atoms with Crippen molar-refractivity contribution in [2.45, 2.75) is 37.8 Å². The van der Waals surface area contributed by atoms with Gasteiger partial charge in [-0.05, 0) is 31.9 Å². The van der Waals surface area contributed by atoms with E-state index in [4.69, 9.17) is 17.3 Å². The van der Waals surface area contributed by atoms with Gasteiger partial charge in [-0.3, -0.25) is 9.78 Å². The van der Waals surface area contributed by atoms with Gasteiger partial charge in [0, 0.05) is 31.2 Å². The Bertz CT molecular complexity index is 1450. The molecule has 1 amide bonds. The number of nitrogens with zero attached hydrogens (tertiary/aromatic N) is 6. The number of hydrogen-bond acceptors (Lipinski definition) is 7. The zero-order chi connectivity index (χ0) is 25.0. The lowest BCUT2D eigenvalue weighted by atomic mass is 9.81. The molecule has 1 aliphatic rings. The molecule has 3 N–H and O–H groups in total. The maximum absolute atomic E-state index is 13.0. The molecular weight excluding hydrogens is 485 g/mol. The topological polar surface area (TPSA) is 124 Å². The van der Waals surface area contributed by atoms with Crippen molar-refractivity contribution in [1.29, 1.82) is 0 Å². The lowest BCUT2D eigenvalue weighted by Crippen LogP contribution is -2.33. The summed E-state index contributed by atoms with van der Waals surface area (Å²) in [5.74, 6) is -0.00878. The Hall–Kier alpha value is -3.80. The standard InChI is InChI=1S/C22H18ClF3N8O/c1-21(14-5-4-11(23)9-29-14)15-16(27)31-17(32-18(15)33-20(21)35)13-10-34-8-7-28-19(34)12(30-13)3-2-6-22(24,25)26/h4-5,7-10H,2-3,6H2,1H3,(H3,27,31,32,33,35). The second-order valence-electron chi connectivity index (χ2n) is 8.30. The highest BCUT2D eigenvalue weighted by atomic mass is 35.5. The Morgan fingerprint density at radius 3 is 2.71 bits per heavy atom. The summed E-state index contributed by atoms with van der Waals surface area (Å²) in [5, 5.41) is 3.15. The summed E-state index contributed by atoms with van der Waals surface area (Å²) >= 11 is 5.94. The summed E-state index contributed by atoms with van der Waals surface area (Å²) in [6.45, 7) is 1.67. The molecule has 1 atom stereocenters. The van der Waals surface area contributed by atoms with Gasteiger partial charge in [-0.2, -0.15) is 13.2 Å². The highest BCUT2D eigenvalue weighted by Crippen LogP contribution is 2.44. The zero-order valence-electron chi connectivity index (χ0n) is 18.3. The quantitative estimate of drug-likeness (QED) is 0.423. The van der Waals surface area contributed by atoms with Crippen LogP contribution < -0.4 is 11.1 Å². The Kier molecular flexibility index (Phi) is 5.35. The molecule has 5 rings (SSSR count). The Morgan fingerprint density at radius 2 is 2.00 bits per heavy atom. The van der Waals surface area contributed by atoms with Gasteiger partial charge >= 0.3 is 6.18 Å². The largest absolute Gasteiger partial charge is 0.389 e. The first-order valence-corrected chi connectivity index (χ1v) is 11.0. The van der Waals surface area contributed by atoms with Crippen LogP contribution in [0.4, 0.5) is 24.8 Å². The molecule has 0 saturated heterocycles. The Labute approximate surface area is 201 Å². The number of pyridine rings is 1. The number of aryl methyl sites for hydroxylation is 1. The van der Waals surface area contributed by atoms with E-state index in [-0.39, 0.29) is 41.9 Å². The van der Waals surface area contributed by atoms with E-state index >= 15 is 0 Å². The zero-order valence-corrected chi connectivity index (χ0v) is 19.0. The average molecular weight is 503 g/mol. The molecule has 180 valence electrons. The number of nitrogens with two attached hydrogens (primary N) is 1. The molecule has 0 fully saturated rings. The number of hydrogen-bond donors (Lipinski definition) is 2. The van der Waals surface area contributed by atoms with Crippen LogP contribution in [0, 0.1) is 0 Å². The van der Waals surface area contributed by atoms with Crippen LogP contribution in [-0.4, -0.2) is 41.4 Å². The monoisotopic (exact) mass is 502 g/mol. The highest BCUT2D eigenvalue weighted by molar-refractivity contribution is 6.30. The fraction of sp³-hybridized carbons (Fsp3) is 0.273. The molecule has 5 heterocycles. The van der Waals surface area contributed by atoms with Crippen LogP contribution in [0.3, 0.4) is 0 Å². The molecular formula is C22H18ClF3N8O. The molecule has 4 aromatic rings. The Balaban J connectivity index is 1.56. The van der Waals surface area contributed by atoms with E-state index in [2.05, 4.69) is 30.2 Å².